The minimum atomic E-state index is -3.49. The van der Waals surface area contributed by atoms with Gasteiger partial charge in [-0.15, -0.1) is 11.3 Å². The molecule has 0 bridgehead atoms. The van der Waals surface area contributed by atoms with Crippen LogP contribution in [0.2, 0.25) is 0 Å². The highest BCUT2D eigenvalue weighted by Crippen LogP contribution is 2.17. The standard InChI is InChI=1S/C15H18N4O3S2/c20-15(16-10-13-11-23-12-17-13)18-6-8-19(9-7-18)24(21,22)14-4-2-1-3-5-14/h1-5,11-12H,6-10H2,(H,16,20). The van der Waals surface area contributed by atoms with Crippen LogP contribution in [0.1, 0.15) is 5.69 Å². The van der Waals surface area contributed by atoms with Gasteiger partial charge in [0.15, 0.2) is 0 Å². The first-order valence-corrected chi connectivity index (χ1v) is 9.91. The van der Waals surface area contributed by atoms with Gasteiger partial charge in [0.1, 0.15) is 0 Å². The molecule has 7 nitrogen and oxygen atoms in total. The summed E-state index contributed by atoms with van der Waals surface area (Å²) in [6.45, 7) is 1.71. The summed E-state index contributed by atoms with van der Waals surface area (Å²) in [7, 11) is -3.49. The maximum Gasteiger partial charge on any atom is 0.317 e. The molecule has 1 aliphatic heterocycles. The van der Waals surface area contributed by atoms with Gasteiger partial charge < -0.3 is 10.2 Å². The first-order valence-electron chi connectivity index (χ1n) is 7.52. The molecule has 0 unspecified atom stereocenters. The molecule has 2 aromatic rings. The molecule has 0 aliphatic carbocycles. The van der Waals surface area contributed by atoms with E-state index in [1.165, 1.54) is 15.6 Å². The highest BCUT2D eigenvalue weighted by molar-refractivity contribution is 7.89. The molecular weight excluding hydrogens is 348 g/mol. The van der Waals surface area contributed by atoms with Gasteiger partial charge in [-0.2, -0.15) is 4.31 Å². The number of thiazole rings is 1. The molecule has 24 heavy (non-hydrogen) atoms. The summed E-state index contributed by atoms with van der Waals surface area (Å²) in [4.78, 5) is 18.2. The van der Waals surface area contributed by atoms with Crippen molar-refractivity contribution in [1.82, 2.24) is 19.5 Å². The third-order valence-corrected chi connectivity index (χ3v) is 6.36. The second-order valence-corrected chi connectivity index (χ2v) is 8.00. The first kappa shape index (κ1) is 16.9. The Balaban J connectivity index is 1.54. The molecule has 1 N–H and O–H groups in total. The van der Waals surface area contributed by atoms with E-state index in [9.17, 15) is 13.2 Å². The Bertz CT molecular complexity index is 770. The maximum absolute atomic E-state index is 12.5. The normalized spacial score (nSPS) is 16.1. The van der Waals surface area contributed by atoms with Crippen LogP contribution in [0.4, 0.5) is 4.79 Å². The zero-order valence-electron chi connectivity index (χ0n) is 13.0. The zero-order chi connectivity index (χ0) is 17.0. The number of carbonyl (C=O) groups is 1. The van der Waals surface area contributed by atoms with Crippen LogP contribution in [0, 0.1) is 0 Å². The smallest absolute Gasteiger partial charge is 0.317 e. The number of urea groups is 1. The van der Waals surface area contributed by atoms with E-state index in [0.717, 1.165) is 5.69 Å². The average Bonchev–Trinajstić information content (AvgIpc) is 3.14. The van der Waals surface area contributed by atoms with E-state index < -0.39 is 10.0 Å². The van der Waals surface area contributed by atoms with Gasteiger partial charge in [-0.25, -0.2) is 18.2 Å². The Morgan fingerprint density at radius 3 is 2.50 bits per heavy atom. The topological polar surface area (TPSA) is 82.6 Å². The minimum absolute atomic E-state index is 0.195. The van der Waals surface area contributed by atoms with E-state index in [0.29, 0.717) is 32.7 Å². The number of aromatic nitrogens is 1. The fourth-order valence-corrected chi connectivity index (χ4v) is 4.48. The molecule has 9 heteroatoms. The summed E-state index contributed by atoms with van der Waals surface area (Å²) < 4.78 is 26.5. The molecule has 1 aromatic heterocycles. The Kier molecular flexibility index (Phi) is 5.12. The van der Waals surface area contributed by atoms with Crippen molar-refractivity contribution in [2.75, 3.05) is 26.2 Å². The van der Waals surface area contributed by atoms with Crippen LogP contribution < -0.4 is 5.32 Å². The number of hydrogen-bond donors (Lipinski definition) is 1. The van der Waals surface area contributed by atoms with Gasteiger partial charge in [-0.05, 0) is 12.1 Å². The SMILES string of the molecule is O=C(NCc1cscn1)N1CCN(S(=O)(=O)c2ccccc2)CC1. The second kappa shape index (κ2) is 7.29. The van der Waals surface area contributed by atoms with Crippen LogP contribution in [0.25, 0.3) is 0 Å². The number of amides is 2. The van der Waals surface area contributed by atoms with E-state index in [1.54, 1.807) is 40.7 Å². The third-order valence-electron chi connectivity index (χ3n) is 3.81. The average molecular weight is 366 g/mol. The zero-order valence-corrected chi connectivity index (χ0v) is 14.6. The van der Waals surface area contributed by atoms with Crippen molar-refractivity contribution < 1.29 is 13.2 Å². The van der Waals surface area contributed by atoms with Gasteiger partial charge in [0.05, 0.1) is 22.6 Å². The Morgan fingerprint density at radius 1 is 1.17 bits per heavy atom. The van der Waals surface area contributed by atoms with Crippen LogP contribution in [0.5, 0.6) is 0 Å². The van der Waals surface area contributed by atoms with E-state index >= 15 is 0 Å². The molecule has 128 valence electrons. The molecule has 3 rings (SSSR count). The lowest BCUT2D eigenvalue weighted by Gasteiger charge is -2.33. The molecule has 2 amide bonds. The molecular formula is C15H18N4O3S2. The van der Waals surface area contributed by atoms with E-state index in [-0.39, 0.29) is 10.9 Å². The number of sulfonamides is 1. The molecule has 0 spiro atoms. The van der Waals surface area contributed by atoms with Gasteiger partial charge in [-0.3, -0.25) is 0 Å². The largest absolute Gasteiger partial charge is 0.332 e. The van der Waals surface area contributed by atoms with Gasteiger partial charge in [-0.1, -0.05) is 18.2 Å². The lowest BCUT2D eigenvalue weighted by molar-refractivity contribution is 0.172. The summed E-state index contributed by atoms with van der Waals surface area (Å²) in [5.74, 6) is 0. The fourth-order valence-electron chi connectivity index (χ4n) is 2.48. The number of carbonyl (C=O) groups excluding carboxylic acids is 1. The van der Waals surface area contributed by atoms with Crippen molar-refractivity contribution in [3.63, 3.8) is 0 Å². The highest BCUT2D eigenvalue weighted by atomic mass is 32.2. The molecule has 0 saturated carbocycles. The van der Waals surface area contributed by atoms with Crippen molar-refractivity contribution in [2.45, 2.75) is 11.4 Å². The molecule has 0 radical (unpaired) electrons. The van der Waals surface area contributed by atoms with Crippen LogP contribution in [-0.4, -0.2) is 54.8 Å². The number of nitrogens with one attached hydrogen (secondary N) is 1. The quantitative estimate of drug-likeness (QED) is 0.886. The van der Waals surface area contributed by atoms with Crippen LogP contribution in [0.3, 0.4) is 0 Å². The maximum atomic E-state index is 12.5. The number of hydrogen-bond acceptors (Lipinski definition) is 5. The molecule has 1 aromatic carbocycles. The predicted molar refractivity (Wildman–Crippen MR) is 91.1 cm³/mol. The third kappa shape index (κ3) is 3.74. The Labute approximate surface area is 145 Å². The predicted octanol–water partition coefficient (Wildman–Crippen LogP) is 1.36. The highest BCUT2D eigenvalue weighted by Gasteiger charge is 2.29. The molecule has 0 atom stereocenters. The summed E-state index contributed by atoms with van der Waals surface area (Å²) in [6.07, 6.45) is 0. The number of piperazine rings is 1. The second-order valence-electron chi connectivity index (χ2n) is 5.34. The van der Waals surface area contributed by atoms with Crippen molar-refractivity contribution in [2.24, 2.45) is 0 Å². The molecule has 1 saturated heterocycles. The van der Waals surface area contributed by atoms with Crippen LogP contribution in [0.15, 0.2) is 46.1 Å². The van der Waals surface area contributed by atoms with Crippen LogP contribution >= 0.6 is 11.3 Å². The van der Waals surface area contributed by atoms with Crippen molar-refractivity contribution in [3.05, 3.63) is 46.9 Å². The Morgan fingerprint density at radius 2 is 1.88 bits per heavy atom. The van der Waals surface area contributed by atoms with Crippen molar-refractivity contribution in [1.29, 1.82) is 0 Å². The van der Waals surface area contributed by atoms with Crippen LogP contribution in [-0.2, 0) is 16.6 Å². The van der Waals surface area contributed by atoms with Gasteiger partial charge in [0, 0.05) is 31.6 Å². The lowest BCUT2D eigenvalue weighted by atomic mass is 10.4. The Hall–Kier alpha value is -1.97. The van der Waals surface area contributed by atoms with Crippen molar-refractivity contribution in [3.8, 4) is 0 Å². The lowest BCUT2D eigenvalue weighted by Crippen LogP contribution is -2.52. The van der Waals surface area contributed by atoms with E-state index in [2.05, 4.69) is 10.3 Å². The monoisotopic (exact) mass is 366 g/mol. The summed E-state index contributed by atoms with van der Waals surface area (Å²) in [6, 6.07) is 8.16. The summed E-state index contributed by atoms with van der Waals surface area (Å²) in [5.41, 5.74) is 2.54. The molecule has 1 aliphatic rings. The first-order chi connectivity index (χ1) is 11.6. The fraction of sp³-hybridized carbons (Fsp3) is 0.333. The number of benzene rings is 1. The minimum Gasteiger partial charge on any atom is -0.332 e. The number of nitrogens with zero attached hydrogens (tertiary/aromatic N) is 3. The van der Waals surface area contributed by atoms with E-state index in [4.69, 9.17) is 0 Å². The van der Waals surface area contributed by atoms with Gasteiger partial charge in [0.2, 0.25) is 10.0 Å². The van der Waals surface area contributed by atoms with Gasteiger partial charge in [0.25, 0.3) is 0 Å². The van der Waals surface area contributed by atoms with Gasteiger partial charge >= 0.3 is 6.03 Å². The summed E-state index contributed by atoms with van der Waals surface area (Å²) in [5, 5.41) is 4.68. The van der Waals surface area contributed by atoms with E-state index in [1.807, 2.05) is 5.38 Å². The number of rotatable bonds is 4. The summed E-state index contributed by atoms with van der Waals surface area (Å²) >= 11 is 1.48. The molecule has 2 heterocycles. The molecule has 1 fully saturated rings. The van der Waals surface area contributed by atoms with Crippen molar-refractivity contribution >= 4 is 27.4 Å².